The third-order valence-corrected chi connectivity index (χ3v) is 4.26. The van der Waals surface area contributed by atoms with Crippen molar-refractivity contribution in [2.75, 3.05) is 5.73 Å². The molecular formula is C16H10Cl2N4. The largest absolute Gasteiger partial charge is 0.397 e. The van der Waals surface area contributed by atoms with Crippen LogP contribution < -0.4 is 5.73 Å². The number of halogens is 2. The maximum atomic E-state index is 9.42. The van der Waals surface area contributed by atoms with Crippen LogP contribution in [0.5, 0.6) is 0 Å². The van der Waals surface area contributed by atoms with Gasteiger partial charge in [0, 0.05) is 18.0 Å². The van der Waals surface area contributed by atoms with E-state index in [1.54, 1.807) is 24.5 Å². The van der Waals surface area contributed by atoms with Crippen molar-refractivity contribution in [2.45, 2.75) is 6.42 Å². The van der Waals surface area contributed by atoms with Crippen LogP contribution >= 0.6 is 23.2 Å². The predicted octanol–water partition coefficient (Wildman–Crippen LogP) is 3.98. The van der Waals surface area contributed by atoms with Crippen molar-refractivity contribution >= 4 is 39.8 Å². The Morgan fingerprint density at radius 1 is 1.23 bits per heavy atom. The molecule has 3 aromatic rings. The average molecular weight is 329 g/mol. The lowest BCUT2D eigenvalue weighted by molar-refractivity contribution is 1.08. The van der Waals surface area contributed by atoms with E-state index in [4.69, 9.17) is 28.9 Å². The lowest BCUT2D eigenvalue weighted by Crippen LogP contribution is -2.03. The van der Waals surface area contributed by atoms with Gasteiger partial charge in [-0.3, -0.25) is 4.98 Å². The van der Waals surface area contributed by atoms with Crippen LogP contribution in [0, 0.1) is 11.3 Å². The summed E-state index contributed by atoms with van der Waals surface area (Å²) in [5.41, 5.74) is 8.86. The lowest BCUT2D eigenvalue weighted by Gasteiger charge is -2.10. The number of anilines is 1. The lowest BCUT2D eigenvalue weighted by atomic mass is 10.0. The SMILES string of the molecule is N#Cc1c(Cc2cccc(Cl)c2Cl)nc2cnccc2c1N. The van der Waals surface area contributed by atoms with Gasteiger partial charge in [0.25, 0.3) is 0 Å². The molecule has 0 saturated carbocycles. The van der Waals surface area contributed by atoms with E-state index in [1.165, 1.54) is 0 Å². The number of benzene rings is 1. The molecule has 2 N–H and O–H groups in total. The second-order valence-corrected chi connectivity index (χ2v) is 5.53. The molecule has 0 aliphatic heterocycles. The third kappa shape index (κ3) is 2.45. The Morgan fingerprint density at radius 2 is 2.05 bits per heavy atom. The number of rotatable bonds is 2. The predicted molar refractivity (Wildman–Crippen MR) is 87.9 cm³/mol. The molecule has 3 rings (SSSR count). The molecule has 6 heteroatoms. The molecule has 22 heavy (non-hydrogen) atoms. The van der Waals surface area contributed by atoms with E-state index in [2.05, 4.69) is 16.0 Å². The van der Waals surface area contributed by atoms with E-state index in [9.17, 15) is 5.26 Å². The zero-order valence-electron chi connectivity index (χ0n) is 11.3. The van der Waals surface area contributed by atoms with E-state index in [-0.39, 0.29) is 0 Å². The molecule has 0 aliphatic carbocycles. The van der Waals surface area contributed by atoms with Crippen LogP contribution in [0.25, 0.3) is 10.9 Å². The molecule has 1 aromatic carbocycles. The Bertz CT molecular complexity index is 916. The number of hydrogen-bond donors (Lipinski definition) is 1. The number of nitrogens with zero attached hydrogens (tertiary/aromatic N) is 3. The van der Waals surface area contributed by atoms with Crippen molar-refractivity contribution in [1.29, 1.82) is 5.26 Å². The van der Waals surface area contributed by atoms with E-state index in [0.29, 0.717) is 44.3 Å². The van der Waals surface area contributed by atoms with Crippen molar-refractivity contribution in [1.82, 2.24) is 9.97 Å². The molecule has 0 atom stereocenters. The van der Waals surface area contributed by atoms with Gasteiger partial charge in [-0.25, -0.2) is 4.98 Å². The third-order valence-electron chi connectivity index (χ3n) is 3.40. The van der Waals surface area contributed by atoms with Crippen LogP contribution in [0.2, 0.25) is 10.0 Å². The van der Waals surface area contributed by atoms with Gasteiger partial charge in [-0.2, -0.15) is 5.26 Å². The van der Waals surface area contributed by atoms with Crippen molar-refractivity contribution in [3.8, 4) is 6.07 Å². The van der Waals surface area contributed by atoms with Crippen LogP contribution in [-0.4, -0.2) is 9.97 Å². The molecule has 0 fully saturated rings. The number of nitrogens with two attached hydrogens (primary N) is 1. The van der Waals surface area contributed by atoms with Gasteiger partial charge in [0.05, 0.1) is 38.7 Å². The number of pyridine rings is 2. The molecule has 0 saturated heterocycles. The quantitative estimate of drug-likeness (QED) is 0.771. The number of fused-ring (bicyclic) bond motifs is 1. The number of hydrogen-bond acceptors (Lipinski definition) is 4. The molecular weight excluding hydrogens is 319 g/mol. The van der Waals surface area contributed by atoms with Gasteiger partial charge in [0.15, 0.2) is 0 Å². The van der Waals surface area contributed by atoms with Gasteiger partial charge in [0.2, 0.25) is 0 Å². The molecule has 2 aromatic heterocycles. The van der Waals surface area contributed by atoms with Crippen LogP contribution in [-0.2, 0) is 6.42 Å². The minimum absolute atomic E-state index is 0.356. The monoisotopic (exact) mass is 328 g/mol. The van der Waals surface area contributed by atoms with Crippen LogP contribution in [0.1, 0.15) is 16.8 Å². The summed E-state index contributed by atoms with van der Waals surface area (Å²) in [6.45, 7) is 0. The minimum atomic E-state index is 0.356. The first-order chi connectivity index (χ1) is 10.6. The van der Waals surface area contributed by atoms with E-state index in [1.807, 2.05) is 12.1 Å². The summed E-state index contributed by atoms with van der Waals surface area (Å²) in [6, 6.07) is 9.24. The first-order valence-electron chi connectivity index (χ1n) is 6.47. The fourth-order valence-corrected chi connectivity index (χ4v) is 2.70. The highest BCUT2D eigenvalue weighted by Gasteiger charge is 2.15. The molecule has 0 spiro atoms. The summed E-state index contributed by atoms with van der Waals surface area (Å²) < 4.78 is 0. The smallest absolute Gasteiger partial charge is 0.103 e. The first-order valence-corrected chi connectivity index (χ1v) is 7.22. The number of aromatic nitrogens is 2. The first kappa shape index (κ1) is 14.6. The summed E-state index contributed by atoms with van der Waals surface area (Å²) in [5, 5.41) is 11.1. The van der Waals surface area contributed by atoms with E-state index in [0.717, 1.165) is 5.56 Å². The Hall–Kier alpha value is -2.35. The number of nitrogen functional groups attached to an aromatic ring is 1. The van der Waals surface area contributed by atoms with Crippen LogP contribution in [0.15, 0.2) is 36.7 Å². The fourth-order valence-electron chi connectivity index (χ4n) is 2.31. The normalized spacial score (nSPS) is 10.6. The van der Waals surface area contributed by atoms with Gasteiger partial charge in [-0.05, 0) is 17.7 Å². The topological polar surface area (TPSA) is 75.6 Å². The standard InChI is InChI=1S/C16H10Cl2N4/c17-12-3-1-2-9(15(12)18)6-13-11(7-19)16(20)10-4-5-21-8-14(10)22-13/h1-5,8H,6H2,(H2,20,22). The molecule has 0 unspecified atom stereocenters. The van der Waals surface area contributed by atoms with Gasteiger partial charge in [-0.1, -0.05) is 35.3 Å². The summed E-state index contributed by atoms with van der Waals surface area (Å²) in [6.07, 6.45) is 3.61. The molecule has 0 aliphatic rings. The highest BCUT2D eigenvalue weighted by atomic mass is 35.5. The maximum Gasteiger partial charge on any atom is 0.103 e. The summed E-state index contributed by atoms with van der Waals surface area (Å²) in [4.78, 5) is 8.55. The van der Waals surface area contributed by atoms with Crippen LogP contribution in [0.4, 0.5) is 5.69 Å². The highest BCUT2D eigenvalue weighted by Crippen LogP contribution is 2.30. The van der Waals surface area contributed by atoms with Gasteiger partial charge in [0.1, 0.15) is 6.07 Å². The molecule has 0 bridgehead atoms. The summed E-state index contributed by atoms with van der Waals surface area (Å²) >= 11 is 12.2. The average Bonchev–Trinajstić information content (AvgIpc) is 2.52. The maximum absolute atomic E-state index is 9.42. The van der Waals surface area contributed by atoms with Crippen molar-refractivity contribution in [3.05, 3.63) is 63.5 Å². The molecule has 108 valence electrons. The second kappa shape index (κ2) is 5.80. The molecule has 0 radical (unpaired) electrons. The van der Waals surface area contributed by atoms with Crippen LogP contribution in [0.3, 0.4) is 0 Å². The Balaban J connectivity index is 2.18. The van der Waals surface area contributed by atoms with Gasteiger partial charge < -0.3 is 5.73 Å². The minimum Gasteiger partial charge on any atom is -0.397 e. The summed E-state index contributed by atoms with van der Waals surface area (Å²) in [7, 11) is 0. The molecule has 0 amide bonds. The van der Waals surface area contributed by atoms with E-state index < -0.39 is 0 Å². The van der Waals surface area contributed by atoms with Crippen molar-refractivity contribution in [2.24, 2.45) is 0 Å². The van der Waals surface area contributed by atoms with Crippen molar-refractivity contribution < 1.29 is 0 Å². The number of nitriles is 1. The Kier molecular flexibility index (Phi) is 3.84. The summed E-state index contributed by atoms with van der Waals surface area (Å²) in [5.74, 6) is 0. The highest BCUT2D eigenvalue weighted by molar-refractivity contribution is 6.42. The van der Waals surface area contributed by atoms with Gasteiger partial charge in [-0.15, -0.1) is 0 Å². The zero-order valence-corrected chi connectivity index (χ0v) is 12.9. The Morgan fingerprint density at radius 3 is 2.82 bits per heavy atom. The molecule has 4 nitrogen and oxygen atoms in total. The zero-order chi connectivity index (χ0) is 15.7. The van der Waals surface area contributed by atoms with Gasteiger partial charge >= 0.3 is 0 Å². The van der Waals surface area contributed by atoms with Crippen molar-refractivity contribution in [3.63, 3.8) is 0 Å². The molecule has 2 heterocycles. The Labute approximate surface area is 137 Å². The fraction of sp³-hybridized carbons (Fsp3) is 0.0625. The van der Waals surface area contributed by atoms with E-state index >= 15 is 0 Å². The second-order valence-electron chi connectivity index (χ2n) is 4.74.